The predicted molar refractivity (Wildman–Crippen MR) is 83.8 cm³/mol. The van der Waals surface area contributed by atoms with E-state index in [2.05, 4.69) is 12.1 Å². The quantitative estimate of drug-likeness (QED) is 0.838. The van der Waals surface area contributed by atoms with E-state index in [9.17, 15) is 9.59 Å². The van der Waals surface area contributed by atoms with Crippen LogP contribution in [-0.2, 0) is 22.6 Å². The Morgan fingerprint density at radius 2 is 2.05 bits per heavy atom. The van der Waals surface area contributed by atoms with Gasteiger partial charge < -0.3 is 9.80 Å². The fraction of sp³-hybridized carbons (Fsp3) is 0.500. The summed E-state index contributed by atoms with van der Waals surface area (Å²) in [6.45, 7) is 3.28. The third-order valence-electron chi connectivity index (χ3n) is 4.23. The van der Waals surface area contributed by atoms with Gasteiger partial charge in [0.15, 0.2) is 0 Å². The molecule has 2 aliphatic heterocycles. The van der Waals surface area contributed by atoms with Crippen molar-refractivity contribution in [2.45, 2.75) is 32.4 Å². The Bertz CT molecular complexity index is 561. The number of hydrogen-bond donors (Lipinski definition) is 0. The first-order valence-electron chi connectivity index (χ1n) is 7.43. The average Bonchev–Trinajstić information content (AvgIpc) is 3.02. The highest BCUT2D eigenvalue weighted by Crippen LogP contribution is 2.26. The van der Waals surface area contributed by atoms with Crippen LogP contribution in [-0.4, -0.2) is 45.8 Å². The van der Waals surface area contributed by atoms with Gasteiger partial charge in [-0.05, 0) is 17.5 Å². The van der Waals surface area contributed by atoms with Crippen LogP contribution in [0.5, 0.6) is 0 Å². The molecule has 3 rings (SSSR count). The molecule has 2 amide bonds. The largest absolute Gasteiger partial charge is 0.336 e. The molecule has 2 aliphatic rings. The highest BCUT2D eigenvalue weighted by Gasteiger charge is 2.37. The number of carbonyl (C=O) groups is 2. The Labute approximate surface area is 129 Å². The van der Waals surface area contributed by atoms with Gasteiger partial charge in [-0.2, -0.15) is 0 Å². The number of hydrogen-bond acceptors (Lipinski definition) is 3. The third-order valence-corrected chi connectivity index (χ3v) is 5.24. The zero-order chi connectivity index (χ0) is 14.8. The van der Waals surface area contributed by atoms with E-state index < -0.39 is 0 Å². The lowest BCUT2D eigenvalue weighted by Crippen LogP contribution is -2.50. The van der Waals surface area contributed by atoms with Crippen molar-refractivity contribution >= 4 is 23.6 Å². The minimum atomic E-state index is -0.271. The number of carbonyl (C=O) groups excluding carboxylic acids is 2. The van der Waals surface area contributed by atoms with Gasteiger partial charge in [0.25, 0.3) is 0 Å². The lowest BCUT2D eigenvalue weighted by atomic mass is 9.99. The van der Waals surface area contributed by atoms with Crippen molar-refractivity contribution in [3.63, 3.8) is 0 Å². The summed E-state index contributed by atoms with van der Waals surface area (Å²) in [5, 5.41) is 0. The van der Waals surface area contributed by atoms with Gasteiger partial charge >= 0.3 is 0 Å². The number of rotatable bonds is 2. The third kappa shape index (κ3) is 2.79. The van der Waals surface area contributed by atoms with Crippen LogP contribution in [0.25, 0.3) is 0 Å². The summed E-state index contributed by atoms with van der Waals surface area (Å²) in [7, 11) is 0. The number of fused-ring (bicyclic) bond motifs is 1. The van der Waals surface area contributed by atoms with Gasteiger partial charge in [-0.15, -0.1) is 11.8 Å². The van der Waals surface area contributed by atoms with E-state index in [0.717, 1.165) is 18.7 Å². The summed E-state index contributed by atoms with van der Waals surface area (Å²) < 4.78 is 0. The van der Waals surface area contributed by atoms with Gasteiger partial charge in [0.05, 0.1) is 5.88 Å². The molecule has 1 fully saturated rings. The molecule has 0 saturated carbocycles. The van der Waals surface area contributed by atoms with E-state index in [-0.39, 0.29) is 17.9 Å². The molecule has 0 radical (unpaired) electrons. The van der Waals surface area contributed by atoms with E-state index >= 15 is 0 Å². The van der Waals surface area contributed by atoms with Crippen molar-refractivity contribution in [3.05, 3.63) is 35.4 Å². The van der Waals surface area contributed by atoms with Crippen LogP contribution in [0.1, 0.15) is 24.5 Å². The van der Waals surface area contributed by atoms with E-state index in [1.54, 1.807) is 16.7 Å². The van der Waals surface area contributed by atoms with E-state index in [4.69, 9.17) is 0 Å². The summed E-state index contributed by atoms with van der Waals surface area (Å²) in [6, 6.07) is 8.02. The number of amides is 2. The Morgan fingerprint density at radius 3 is 2.81 bits per heavy atom. The molecule has 1 atom stereocenters. The van der Waals surface area contributed by atoms with Crippen molar-refractivity contribution < 1.29 is 9.59 Å². The van der Waals surface area contributed by atoms with Gasteiger partial charge in [0.1, 0.15) is 6.04 Å². The molecule has 1 saturated heterocycles. The normalized spacial score (nSPS) is 21.3. The smallest absolute Gasteiger partial charge is 0.246 e. The highest BCUT2D eigenvalue weighted by molar-refractivity contribution is 7.99. The maximum absolute atomic E-state index is 12.8. The average molecular weight is 304 g/mol. The van der Waals surface area contributed by atoms with Crippen LogP contribution in [0.4, 0.5) is 0 Å². The lowest BCUT2D eigenvalue weighted by Gasteiger charge is -2.33. The number of benzene rings is 1. The fourth-order valence-electron chi connectivity index (χ4n) is 2.99. The summed E-state index contributed by atoms with van der Waals surface area (Å²) in [5.74, 6) is 1.56. The molecule has 0 spiro atoms. The van der Waals surface area contributed by atoms with Crippen LogP contribution in [0.15, 0.2) is 24.3 Å². The molecule has 1 aromatic carbocycles. The minimum Gasteiger partial charge on any atom is -0.336 e. The molecule has 0 N–H and O–H groups in total. The highest BCUT2D eigenvalue weighted by atomic mass is 32.2. The van der Waals surface area contributed by atoms with E-state index in [1.807, 2.05) is 24.0 Å². The molecular weight excluding hydrogens is 284 g/mol. The predicted octanol–water partition coefficient (Wildman–Crippen LogP) is 1.88. The van der Waals surface area contributed by atoms with Crippen molar-refractivity contribution in [2.75, 3.05) is 18.2 Å². The van der Waals surface area contributed by atoms with Crippen LogP contribution in [0.2, 0.25) is 0 Å². The number of thioether (sulfide) groups is 1. The van der Waals surface area contributed by atoms with Crippen LogP contribution < -0.4 is 0 Å². The van der Waals surface area contributed by atoms with Crippen molar-refractivity contribution in [1.82, 2.24) is 9.80 Å². The van der Waals surface area contributed by atoms with Gasteiger partial charge in [-0.25, -0.2) is 0 Å². The molecule has 0 aliphatic carbocycles. The monoisotopic (exact) mass is 304 g/mol. The Kier molecular flexibility index (Phi) is 4.19. The molecular formula is C16H20N2O2S. The molecule has 2 heterocycles. The van der Waals surface area contributed by atoms with Gasteiger partial charge in [0.2, 0.25) is 11.8 Å². The summed E-state index contributed by atoms with van der Waals surface area (Å²) in [5.41, 5.74) is 2.57. The zero-order valence-electron chi connectivity index (χ0n) is 12.2. The van der Waals surface area contributed by atoms with E-state index in [1.165, 1.54) is 11.1 Å². The standard InChI is InChI=1S/C16H20N2O2S/c1-2-15(19)18-11-21-10-14(18)16(20)17-8-7-12-5-3-4-6-13(12)9-17/h3-6,14H,2,7-11H2,1H3. The maximum atomic E-state index is 12.8. The molecule has 0 aromatic heterocycles. The molecule has 112 valence electrons. The summed E-state index contributed by atoms with van der Waals surface area (Å²) >= 11 is 1.67. The fourth-order valence-corrected chi connectivity index (χ4v) is 4.16. The topological polar surface area (TPSA) is 40.6 Å². The van der Waals surface area contributed by atoms with Crippen LogP contribution in [0, 0.1) is 0 Å². The first kappa shape index (κ1) is 14.4. The number of nitrogens with zero attached hydrogens (tertiary/aromatic N) is 2. The maximum Gasteiger partial charge on any atom is 0.246 e. The van der Waals surface area contributed by atoms with Gasteiger partial charge in [-0.3, -0.25) is 9.59 Å². The molecule has 4 nitrogen and oxygen atoms in total. The molecule has 5 heteroatoms. The SMILES string of the molecule is CCC(=O)N1CSCC1C(=O)N1CCc2ccccc2C1. The minimum absolute atomic E-state index is 0.0794. The Hall–Kier alpha value is -1.49. The second-order valence-corrected chi connectivity index (χ2v) is 6.51. The lowest BCUT2D eigenvalue weighted by molar-refractivity contribution is -0.143. The van der Waals surface area contributed by atoms with Crippen LogP contribution >= 0.6 is 11.8 Å². The second kappa shape index (κ2) is 6.10. The van der Waals surface area contributed by atoms with Crippen LogP contribution in [0.3, 0.4) is 0 Å². The Balaban J connectivity index is 1.73. The summed E-state index contributed by atoms with van der Waals surface area (Å²) in [6.07, 6.45) is 1.37. The molecule has 0 bridgehead atoms. The van der Waals surface area contributed by atoms with Crippen molar-refractivity contribution in [3.8, 4) is 0 Å². The summed E-state index contributed by atoms with van der Waals surface area (Å²) in [4.78, 5) is 28.4. The molecule has 1 unspecified atom stereocenters. The molecule has 1 aromatic rings. The first-order chi connectivity index (χ1) is 10.2. The van der Waals surface area contributed by atoms with Gasteiger partial charge in [0, 0.05) is 25.3 Å². The zero-order valence-corrected chi connectivity index (χ0v) is 13.1. The van der Waals surface area contributed by atoms with Gasteiger partial charge in [-0.1, -0.05) is 31.2 Å². The first-order valence-corrected chi connectivity index (χ1v) is 8.59. The second-order valence-electron chi connectivity index (χ2n) is 5.51. The van der Waals surface area contributed by atoms with E-state index in [0.29, 0.717) is 18.8 Å². The van der Waals surface area contributed by atoms with Crippen molar-refractivity contribution in [2.24, 2.45) is 0 Å². The molecule has 21 heavy (non-hydrogen) atoms. The Morgan fingerprint density at radius 1 is 1.29 bits per heavy atom. The van der Waals surface area contributed by atoms with Crippen molar-refractivity contribution in [1.29, 1.82) is 0 Å².